The molecule has 0 atom stereocenters. The van der Waals surface area contributed by atoms with Crippen LogP contribution in [0.2, 0.25) is 0 Å². The van der Waals surface area contributed by atoms with Gasteiger partial charge in [-0.2, -0.15) is 0 Å². The van der Waals surface area contributed by atoms with E-state index in [9.17, 15) is 13.6 Å². The number of amides is 1. The van der Waals surface area contributed by atoms with Gasteiger partial charge in [-0.05, 0) is 24.1 Å². The van der Waals surface area contributed by atoms with E-state index < -0.39 is 11.6 Å². The van der Waals surface area contributed by atoms with Crippen molar-refractivity contribution in [3.63, 3.8) is 0 Å². The molecule has 1 N–H and O–H groups in total. The van der Waals surface area contributed by atoms with Gasteiger partial charge in [-0.15, -0.1) is 0 Å². The van der Waals surface area contributed by atoms with E-state index in [1.165, 1.54) is 11.0 Å². The molecule has 94 valence electrons. The van der Waals surface area contributed by atoms with E-state index in [0.717, 1.165) is 12.1 Å². The number of hydrogen-bond acceptors (Lipinski definition) is 2. The number of likely N-dealkylation sites (N-methyl/N-ethyl adjacent to an activating group) is 1. The second-order valence-electron chi connectivity index (χ2n) is 3.79. The third kappa shape index (κ3) is 4.11. The molecule has 3 nitrogen and oxygen atoms in total. The first kappa shape index (κ1) is 13.6. The average molecular weight is 243 g/mol. The van der Waals surface area contributed by atoms with E-state index in [2.05, 4.69) is 0 Å². The smallest absolute Gasteiger partial charge is 0.222 e. The molecule has 1 aromatic carbocycles. The normalized spacial score (nSPS) is 10.4. The number of rotatable bonds is 5. The van der Waals surface area contributed by atoms with Gasteiger partial charge in [0.05, 0.1) is 6.61 Å². The summed E-state index contributed by atoms with van der Waals surface area (Å²) in [6, 6.07) is 3.60. The Labute approximate surface area is 98.7 Å². The first-order valence-electron chi connectivity index (χ1n) is 5.33. The van der Waals surface area contributed by atoms with Crippen molar-refractivity contribution < 1.29 is 18.7 Å². The van der Waals surface area contributed by atoms with Crippen LogP contribution in [0.3, 0.4) is 0 Å². The molecule has 0 aromatic heterocycles. The lowest BCUT2D eigenvalue weighted by molar-refractivity contribution is -0.130. The van der Waals surface area contributed by atoms with E-state index in [4.69, 9.17) is 5.11 Å². The van der Waals surface area contributed by atoms with Crippen LogP contribution >= 0.6 is 0 Å². The Morgan fingerprint density at radius 1 is 1.35 bits per heavy atom. The highest BCUT2D eigenvalue weighted by Crippen LogP contribution is 2.10. The van der Waals surface area contributed by atoms with Crippen LogP contribution < -0.4 is 0 Å². The Hall–Kier alpha value is -1.49. The third-order valence-corrected chi connectivity index (χ3v) is 2.47. The summed E-state index contributed by atoms with van der Waals surface area (Å²) in [5.41, 5.74) is 0.578. The first-order chi connectivity index (χ1) is 8.04. The summed E-state index contributed by atoms with van der Waals surface area (Å²) in [5.74, 6) is -1.93. The van der Waals surface area contributed by atoms with Crippen molar-refractivity contribution in [3.05, 3.63) is 35.4 Å². The standard InChI is InChI=1S/C12H15F2NO2/c1-15(6-7-16)12(17)5-3-9-2-4-10(13)11(14)8-9/h2,4,8,16H,3,5-7H2,1H3. The molecular formula is C12H15F2NO2. The largest absolute Gasteiger partial charge is 0.395 e. The van der Waals surface area contributed by atoms with Gasteiger partial charge in [-0.25, -0.2) is 8.78 Å². The Balaban J connectivity index is 2.50. The molecule has 0 saturated carbocycles. The van der Waals surface area contributed by atoms with E-state index in [0.29, 0.717) is 12.0 Å². The predicted octanol–water partition coefficient (Wildman–Crippen LogP) is 1.35. The van der Waals surface area contributed by atoms with Crippen LogP contribution in [-0.4, -0.2) is 36.1 Å². The van der Waals surface area contributed by atoms with Crippen LogP contribution in [0, 0.1) is 11.6 Å². The number of aliphatic hydroxyl groups is 1. The van der Waals surface area contributed by atoms with E-state index in [-0.39, 0.29) is 25.5 Å². The fraction of sp³-hybridized carbons (Fsp3) is 0.417. The Morgan fingerprint density at radius 2 is 2.06 bits per heavy atom. The van der Waals surface area contributed by atoms with E-state index in [1.807, 2.05) is 0 Å². The molecule has 0 heterocycles. The zero-order valence-electron chi connectivity index (χ0n) is 9.62. The van der Waals surface area contributed by atoms with Crippen LogP contribution in [0.1, 0.15) is 12.0 Å². The van der Waals surface area contributed by atoms with Gasteiger partial charge in [-0.1, -0.05) is 6.07 Å². The number of aryl methyl sites for hydroxylation is 1. The number of hydrogen-bond donors (Lipinski definition) is 1. The minimum absolute atomic E-state index is 0.0899. The first-order valence-corrected chi connectivity index (χ1v) is 5.33. The number of carbonyl (C=O) groups is 1. The molecule has 0 spiro atoms. The van der Waals surface area contributed by atoms with Crippen LogP contribution in [0.15, 0.2) is 18.2 Å². The van der Waals surface area contributed by atoms with Gasteiger partial charge in [0, 0.05) is 20.0 Å². The monoisotopic (exact) mass is 243 g/mol. The molecule has 0 radical (unpaired) electrons. The van der Waals surface area contributed by atoms with E-state index >= 15 is 0 Å². The molecule has 5 heteroatoms. The van der Waals surface area contributed by atoms with Gasteiger partial charge in [0.2, 0.25) is 5.91 Å². The maximum Gasteiger partial charge on any atom is 0.222 e. The number of nitrogens with zero attached hydrogens (tertiary/aromatic N) is 1. The molecule has 0 bridgehead atoms. The Morgan fingerprint density at radius 3 is 2.65 bits per heavy atom. The summed E-state index contributed by atoms with van der Waals surface area (Å²) < 4.78 is 25.5. The third-order valence-electron chi connectivity index (χ3n) is 2.47. The van der Waals surface area contributed by atoms with Crippen LogP contribution in [0.5, 0.6) is 0 Å². The molecule has 0 aliphatic rings. The van der Waals surface area contributed by atoms with Crippen molar-refractivity contribution in [2.75, 3.05) is 20.2 Å². The number of aliphatic hydroxyl groups excluding tert-OH is 1. The zero-order chi connectivity index (χ0) is 12.8. The van der Waals surface area contributed by atoms with Crippen LogP contribution in [0.25, 0.3) is 0 Å². The quantitative estimate of drug-likeness (QED) is 0.848. The highest BCUT2D eigenvalue weighted by Gasteiger charge is 2.09. The summed E-state index contributed by atoms with van der Waals surface area (Å²) in [5, 5.41) is 8.65. The highest BCUT2D eigenvalue weighted by molar-refractivity contribution is 5.76. The molecule has 1 aromatic rings. The van der Waals surface area contributed by atoms with Crippen molar-refractivity contribution in [3.8, 4) is 0 Å². The van der Waals surface area contributed by atoms with Crippen molar-refractivity contribution in [1.82, 2.24) is 4.90 Å². The minimum atomic E-state index is -0.904. The number of halogens is 2. The molecule has 0 fully saturated rings. The lowest BCUT2D eigenvalue weighted by Gasteiger charge is -2.15. The van der Waals surface area contributed by atoms with Crippen molar-refractivity contribution in [2.45, 2.75) is 12.8 Å². The molecular weight excluding hydrogens is 228 g/mol. The zero-order valence-corrected chi connectivity index (χ0v) is 9.62. The molecule has 0 unspecified atom stereocenters. The number of carbonyl (C=O) groups excluding carboxylic acids is 1. The van der Waals surface area contributed by atoms with Crippen LogP contribution in [0.4, 0.5) is 8.78 Å². The van der Waals surface area contributed by atoms with Crippen molar-refractivity contribution in [1.29, 1.82) is 0 Å². The lowest BCUT2D eigenvalue weighted by atomic mass is 10.1. The van der Waals surface area contributed by atoms with E-state index in [1.54, 1.807) is 7.05 Å². The summed E-state index contributed by atoms with van der Waals surface area (Å²) in [7, 11) is 1.59. The molecule has 0 aliphatic carbocycles. The molecule has 17 heavy (non-hydrogen) atoms. The summed E-state index contributed by atoms with van der Waals surface area (Å²) in [6.45, 7) is 0.185. The van der Waals surface area contributed by atoms with Gasteiger partial charge in [0.1, 0.15) is 0 Å². The lowest BCUT2D eigenvalue weighted by Crippen LogP contribution is -2.29. The minimum Gasteiger partial charge on any atom is -0.395 e. The SMILES string of the molecule is CN(CCO)C(=O)CCc1ccc(F)c(F)c1. The summed E-state index contributed by atoms with van der Waals surface area (Å²) in [6.07, 6.45) is 0.563. The second kappa shape index (κ2) is 6.30. The predicted molar refractivity (Wildman–Crippen MR) is 59.4 cm³/mol. The maximum atomic E-state index is 12.9. The molecule has 0 aliphatic heterocycles. The Kier molecular flexibility index (Phi) is 5.03. The summed E-state index contributed by atoms with van der Waals surface area (Å²) >= 11 is 0. The van der Waals surface area contributed by atoms with Crippen molar-refractivity contribution >= 4 is 5.91 Å². The van der Waals surface area contributed by atoms with Gasteiger partial charge in [-0.3, -0.25) is 4.79 Å². The molecule has 1 amide bonds. The van der Waals surface area contributed by atoms with Gasteiger partial charge < -0.3 is 10.0 Å². The summed E-state index contributed by atoms with van der Waals surface area (Å²) in [4.78, 5) is 12.9. The Bertz CT molecular complexity index is 396. The fourth-order valence-corrected chi connectivity index (χ4v) is 1.41. The average Bonchev–Trinajstić information content (AvgIpc) is 2.30. The maximum absolute atomic E-state index is 12.9. The van der Waals surface area contributed by atoms with Crippen LogP contribution in [-0.2, 0) is 11.2 Å². The van der Waals surface area contributed by atoms with Gasteiger partial charge >= 0.3 is 0 Å². The fourth-order valence-electron chi connectivity index (χ4n) is 1.41. The topological polar surface area (TPSA) is 40.5 Å². The van der Waals surface area contributed by atoms with Gasteiger partial charge in [0.15, 0.2) is 11.6 Å². The molecule has 1 rings (SSSR count). The molecule has 0 saturated heterocycles. The number of benzene rings is 1. The highest BCUT2D eigenvalue weighted by atomic mass is 19.2. The second-order valence-corrected chi connectivity index (χ2v) is 3.79. The van der Waals surface area contributed by atoms with Gasteiger partial charge in [0.25, 0.3) is 0 Å². The van der Waals surface area contributed by atoms with Crippen molar-refractivity contribution in [2.24, 2.45) is 0 Å².